The molecular formula is C12H14F3NO2S. The normalized spacial score (nSPS) is 12.5. The quantitative estimate of drug-likeness (QED) is 0.376. The van der Waals surface area contributed by atoms with Gasteiger partial charge in [0.05, 0.1) is 12.3 Å². The van der Waals surface area contributed by atoms with E-state index in [-0.39, 0.29) is 24.1 Å². The largest absolute Gasteiger partial charge is 0.493 e. The van der Waals surface area contributed by atoms with E-state index in [9.17, 15) is 13.2 Å². The Morgan fingerprint density at radius 3 is 2.47 bits per heavy atom. The summed E-state index contributed by atoms with van der Waals surface area (Å²) in [4.78, 5) is 0. The third kappa shape index (κ3) is 6.95. The Kier molecular flexibility index (Phi) is 6.01. The minimum Gasteiger partial charge on any atom is -0.493 e. The second-order valence-corrected chi connectivity index (χ2v) is 4.96. The van der Waals surface area contributed by atoms with Crippen LogP contribution in [0, 0.1) is 0 Å². The second kappa shape index (κ2) is 7.28. The van der Waals surface area contributed by atoms with Crippen LogP contribution in [0.15, 0.2) is 29.4 Å². The van der Waals surface area contributed by atoms with Crippen LogP contribution in [0.5, 0.6) is 5.75 Å². The molecule has 0 spiro atoms. The molecule has 0 fully saturated rings. The molecule has 0 aromatic heterocycles. The lowest BCUT2D eigenvalue weighted by Crippen LogP contribution is -2.07. The molecule has 106 valence electrons. The number of hydrogen-bond acceptors (Lipinski definition) is 4. The van der Waals surface area contributed by atoms with E-state index in [2.05, 4.69) is 5.16 Å². The van der Waals surface area contributed by atoms with Gasteiger partial charge in [-0.15, -0.1) is 0 Å². The average Bonchev–Trinajstić information content (AvgIpc) is 2.35. The smallest absolute Gasteiger partial charge is 0.441 e. The molecule has 1 aromatic carbocycles. The van der Waals surface area contributed by atoms with Crippen LogP contribution in [-0.4, -0.2) is 28.8 Å². The van der Waals surface area contributed by atoms with E-state index in [1.165, 1.54) is 0 Å². The number of oxime groups is 1. The summed E-state index contributed by atoms with van der Waals surface area (Å²) in [5.41, 5.74) is -2.70. The van der Waals surface area contributed by atoms with Gasteiger partial charge in [-0.3, -0.25) is 0 Å². The van der Waals surface area contributed by atoms with Crippen molar-refractivity contribution in [1.82, 2.24) is 0 Å². The third-order valence-electron chi connectivity index (χ3n) is 2.17. The average molecular weight is 293 g/mol. The van der Waals surface area contributed by atoms with Gasteiger partial charge in [-0.25, -0.2) is 0 Å². The summed E-state index contributed by atoms with van der Waals surface area (Å²) in [5, 5.41) is 11.6. The zero-order chi connectivity index (χ0) is 14.3. The lowest BCUT2D eigenvalue weighted by molar-refractivity contribution is -0.0329. The number of hydrogen-bond donors (Lipinski definition) is 1. The topological polar surface area (TPSA) is 41.8 Å². The molecule has 1 rings (SSSR count). The van der Waals surface area contributed by atoms with Crippen LogP contribution in [0.2, 0.25) is 0 Å². The van der Waals surface area contributed by atoms with E-state index in [1.54, 1.807) is 31.2 Å². The fourth-order valence-corrected chi connectivity index (χ4v) is 1.75. The summed E-state index contributed by atoms with van der Waals surface area (Å²) in [6.45, 7) is 1.69. The zero-order valence-corrected chi connectivity index (χ0v) is 11.1. The van der Waals surface area contributed by atoms with Crippen LogP contribution in [-0.2, 0) is 6.42 Å². The van der Waals surface area contributed by atoms with Crippen molar-refractivity contribution in [3.8, 4) is 5.75 Å². The summed E-state index contributed by atoms with van der Waals surface area (Å²) in [7, 11) is 0. The minimum absolute atomic E-state index is 0.000644. The first-order chi connectivity index (χ1) is 8.90. The summed E-state index contributed by atoms with van der Waals surface area (Å²) in [6.07, 6.45) is 0.515. The van der Waals surface area contributed by atoms with Crippen LogP contribution in [0.1, 0.15) is 12.5 Å². The second-order valence-electron chi connectivity index (χ2n) is 3.80. The van der Waals surface area contributed by atoms with Crippen molar-refractivity contribution in [2.24, 2.45) is 5.16 Å². The highest BCUT2D eigenvalue weighted by atomic mass is 32.2. The summed E-state index contributed by atoms with van der Waals surface area (Å²) >= 11 is -0.101. The lowest BCUT2D eigenvalue weighted by Gasteiger charge is -2.08. The molecule has 0 saturated carbocycles. The van der Waals surface area contributed by atoms with E-state index in [4.69, 9.17) is 9.94 Å². The van der Waals surface area contributed by atoms with Crippen LogP contribution >= 0.6 is 11.8 Å². The van der Waals surface area contributed by atoms with Crippen molar-refractivity contribution in [3.63, 3.8) is 0 Å². The Bertz CT molecular complexity index is 418. The summed E-state index contributed by atoms with van der Waals surface area (Å²) in [5.74, 6) is 0.381. The number of ether oxygens (including phenoxy) is 1. The van der Waals surface area contributed by atoms with Gasteiger partial charge in [-0.1, -0.05) is 17.3 Å². The monoisotopic (exact) mass is 293 g/mol. The Morgan fingerprint density at radius 1 is 1.32 bits per heavy atom. The van der Waals surface area contributed by atoms with Crippen LogP contribution in [0.4, 0.5) is 13.2 Å². The van der Waals surface area contributed by atoms with Crippen LogP contribution in [0.3, 0.4) is 0 Å². The number of nitrogens with zero attached hydrogens (tertiary/aromatic N) is 1. The zero-order valence-electron chi connectivity index (χ0n) is 10.3. The van der Waals surface area contributed by atoms with Gasteiger partial charge < -0.3 is 9.94 Å². The predicted octanol–water partition coefficient (Wildman–Crippen LogP) is 3.71. The number of rotatable bonds is 6. The van der Waals surface area contributed by atoms with Crippen molar-refractivity contribution in [3.05, 3.63) is 29.8 Å². The van der Waals surface area contributed by atoms with Crippen molar-refractivity contribution in [2.75, 3.05) is 12.4 Å². The van der Waals surface area contributed by atoms with Gasteiger partial charge in [-0.2, -0.15) is 13.2 Å². The summed E-state index contributed by atoms with van der Waals surface area (Å²) in [6, 6.07) is 6.91. The number of thioether (sulfide) groups is 1. The number of halogens is 3. The molecule has 0 amide bonds. The first-order valence-electron chi connectivity index (χ1n) is 5.50. The van der Waals surface area contributed by atoms with Gasteiger partial charge in [0, 0.05) is 12.2 Å². The molecule has 0 heterocycles. The maximum atomic E-state index is 11.9. The van der Waals surface area contributed by atoms with Gasteiger partial charge in [0.25, 0.3) is 0 Å². The molecule has 0 unspecified atom stereocenters. The molecule has 19 heavy (non-hydrogen) atoms. The molecule has 7 heteroatoms. The van der Waals surface area contributed by atoms with Gasteiger partial charge in [0.15, 0.2) is 0 Å². The summed E-state index contributed by atoms with van der Waals surface area (Å²) < 4.78 is 40.8. The van der Waals surface area contributed by atoms with Crippen molar-refractivity contribution >= 4 is 17.5 Å². The van der Waals surface area contributed by atoms with E-state index in [0.717, 1.165) is 5.56 Å². The van der Waals surface area contributed by atoms with E-state index in [0.29, 0.717) is 17.9 Å². The Hall–Kier alpha value is -1.37. The standard InChI is InChI=1S/C12H14F3NO2S/c1-9(16-17)8-10-2-4-11(5-3-10)18-6-7-19-12(13,14)15/h2-5,17H,6-8H2,1H3/b16-9-. The molecule has 0 atom stereocenters. The van der Waals surface area contributed by atoms with Crippen molar-refractivity contribution < 1.29 is 23.1 Å². The van der Waals surface area contributed by atoms with E-state index < -0.39 is 5.51 Å². The van der Waals surface area contributed by atoms with Crippen LogP contribution in [0.25, 0.3) is 0 Å². The minimum atomic E-state index is -4.21. The molecule has 3 nitrogen and oxygen atoms in total. The molecular weight excluding hydrogens is 279 g/mol. The van der Waals surface area contributed by atoms with E-state index >= 15 is 0 Å². The van der Waals surface area contributed by atoms with Crippen LogP contribution < -0.4 is 4.74 Å². The maximum absolute atomic E-state index is 11.9. The highest BCUT2D eigenvalue weighted by Gasteiger charge is 2.27. The molecule has 0 aliphatic carbocycles. The Balaban J connectivity index is 2.36. The number of alkyl halides is 3. The maximum Gasteiger partial charge on any atom is 0.441 e. The van der Waals surface area contributed by atoms with Gasteiger partial charge in [0.1, 0.15) is 5.75 Å². The van der Waals surface area contributed by atoms with Crippen molar-refractivity contribution in [2.45, 2.75) is 18.9 Å². The Morgan fingerprint density at radius 2 is 1.95 bits per heavy atom. The SMILES string of the molecule is C/C(Cc1ccc(OCCSC(F)(F)F)cc1)=N/O. The molecule has 1 aromatic rings. The molecule has 0 aliphatic rings. The van der Waals surface area contributed by atoms with Gasteiger partial charge >= 0.3 is 5.51 Å². The molecule has 0 bridgehead atoms. The fourth-order valence-electron chi connectivity index (χ4n) is 1.35. The van der Waals surface area contributed by atoms with E-state index in [1.807, 2.05) is 0 Å². The highest BCUT2D eigenvalue weighted by Crippen LogP contribution is 2.29. The Labute approximate surface area is 113 Å². The fraction of sp³-hybridized carbons (Fsp3) is 0.417. The number of benzene rings is 1. The molecule has 0 radical (unpaired) electrons. The lowest BCUT2D eigenvalue weighted by atomic mass is 10.1. The van der Waals surface area contributed by atoms with Crippen molar-refractivity contribution in [1.29, 1.82) is 0 Å². The first kappa shape index (κ1) is 15.7. The molecule has 0 aliphatic heterocycles. The van der Waals surface area contributed by atoms with Gasteiger partial charge in [0.2, 0.25) is 0 Å². The highest BCUT2D eigenvalue weighted by molar-refractivity contribution is 8.00. The predicted molar refractivity (Wildman–Crippen MR) is 69.0 cm³/mol. The first-order valence-corrected chi connectivity index (χ1v) is 6.49. The third-order valence-corrected chi connectivity index (χ3v) is 2.87. The van der Waals surface area contributed by atoms with Gasteiger partial charge in [-0.05, 0) is 36.4 Å². The molecule has 0 saturated heterocycles. The molecule has 1 N–H and O–H groups in total.